The Morgan fingerprint density at radius 3 is 2.87 bits per heavy atom. The van der Waals surface area contributed by atoms with Gasteiger partial charge in [-0.25, -0.2) is 9.78 Å². The number of likely N-dealkylation sites (tertiary alicyclic amines) is 1. The highest BCUT2D eigenvalue weighted by Crippen LogP contribution is 2.25. The number of piperidine rings is 1. The number of carbonyl (C=O) groups excluding carboxylic acids is 2. The third kappa shape index (κ3) is 5.73. The van der Waals surface area contributed by atoms with Gasteiger partial charge in [-0.2, -0.15) is 0 Å². The molecule has 1 atom stereocenters. The molecule has 0 saturated carbocycles. The Bertz CT molecular complexity index is 1010. The lowest BCUT2D eigenvalue weighted by Crippen LogP contribution is -2.44. The van der Waals surface area contributed by atoms with Crippen LogP contribution in [-0.2, 0) is 11.2 Å². The van der Waals surface area contributed by atoms with Crippen LogP contribution in [0.25, 0.3) is 10.8 Å². The summed E-state index contributed by atoms with van der Waals surface area (Å²) in [6.45, 7) is 3.95. The summed E-state index contributed by atoms with van der Waals surface area (Å²) in [6.07, 6.45) is 3.83. The van der Waals surface area contributed by atoms with Gasteiger partial charge in [0.25, 0.3) is 0 Å². The molecule has 0 bridgehead atoms. The van der Waals surface area contributed by atoms with Gasteiger partial charge in [0.05, 0.1) is 18.4 Å². The number of carbonyl (C=O) groups is 2. The number of benzene rings is 1. The second-order valence-electron chi connectivity index (χ2n) is 7.85. The van der Waals surface area contributed by atoms with E-state index in [1.165, 1.54) is 11.3 Å². The summed E-state index contributed by atoms with van der Waals surface area (Å²) in [5, 5.41) is 8.47. The van der Waals surface area contributed by atoms with Gasteiger partial charge in [-0.3, -0.25) is 4.79 Å². The van der Waals surface area contributed by atoms with E-state index in [-0.39, 0.29) is 24.3 Å². The van der Waals surface area contributed by atoms with E-state index >= 15 is 0 Å². The van der Waals surface area contributed by atoms with Gasteiger partial charge in [-0.1, -0.05) is 17.7 Å². The summed E-state index contributed by atoms with van der Waals surface area (Å²) in [4.78, 5) is 31.4. The molecule has 162 valence electrons. The number of aryl methyl sites for hydroxylation is 1. The lowest BCUT2D eigenvalue weighted by molar-refractivity contribution is -0.132. The van der Waals surface area contributed by atoms with Crippen molar-refractivity contribution in [2.75, 3.05) is 25.0 Å². The molecule has 31 heavy (non-hydrogen) atoms. The zero-order chi connectivity index (χ0) is 21.6. The second kappa shape index (κ2) is 9.78. The predicted molar refractivity (Wildman–Crippen MR) is 121 cm³/mol. The topological polar surface area (TPSA) is 87.5 Å². The number of hydrogen-bond acceptors (Lipinski definition) is 5. The molecule has 7 nitrogen and oxygen atoms in total. The molecule has 2 N–H and O–H groups in total. The Hall–Kier alpha value is -3.13. The van der Waals surface area contributed by atoms with Crippen molar-refractivity contribution < 1.29 is 14.0 Å². The number of amides is 3. The van der Waals surface area contributed by atoms with E-state index in [1.54, 1.807) is 6.26 Å². The van der Waals surface area contributed by atoms with Crippen LogP contribution in [0.5, 0.6) is 0 Å². The molecule has 0 spiro atoms. The van der Waals surface area contributed by atoms with E-state index in [0.717, 1.165) is 47.1 Å². The van der Waals surface area contributed by atoms with Crippen molar-refractivity contribution in [1.82, 2.24) is 15.2 Å². The quantitative estimate of drug-likeness (QED) is 0.600. The van der Waals surface area contributed by atoms with Gasteiger partial charge in [0, 0.05) is 30.7 Å². The number of nitrogens with zero attached hydrogens (tertiary/aromatic N) is 2. The molecule has 1 aliphatic heterocycles. The number of nitrogens with one attached hydrogen (secondary N) is 2. The molecule has 0 aliphatic carbocycles. The summed E-state index contributed by atoms with van der Waals surface area (Å²) in [7, 11) is 0. The smallest absolute Gasteiger partial charge is 0.319 e. The van der Waals surface area contributed by atoms with Crippen molar-refractivity contribution in [1.29, 1.82) is 0 Å². The molecule has 4 rings (SSSR count). The molecule has 3 amide bonds. The molecule has 1 aromatic carbocycles. The zero-order valence-corrected chi connectivity index (χ0v) is 18.3. The zero-order valence-electron chi connectivity index (χ0n) is 17.5. The van der Waals surface area contributed by atoms with Crippen molar-refractivity contribution >= 4 is 29.0 Å². The lowest BCUT2D eigenvalue weighted by atomic mass is 9.97. The van der Waals surface area contributed by atoms with Gasteiger partial charge in [-0.15, -0.1) is 11.3 Å². The fourth-order valence-corrected chi connectivity index (χ4v) is 4.46. The maximum Gasteiger partial charge on any atom is 0.319 e. The van der Waals surface area contributed by atoms with Crippen LogP contribution < -0.4 is 10.6 Å². The average molecular weight is 439 g/mol. The third-order valence-corrected chi connectivity index (χ3v) is 6.25. The fraction of sp³-hybridized carbons (Fsp3) is 0.348. The normalized spacial score (nSPS) is 16.2. The van der Waals surface area contributed by atoms with Gasteiger partial charge in [0.1, 0.15) is 0 Å². The highest BCUT2D eigenvalue weighted by molar-refractivity contribution is 7.13. The number of thiazole rings is 1. The average Bonchev–Trinajstić information content (AvgIpc) is 3.46. The largest absolute Gasteiger partial charge is 0.462 e. The number of furan rings is 1. The number of anilines is 1. The van der Waals surface area contributed by atoms with Crippen LogP contribution in [-0.4, -0.2) is 41.5 Å². The number of hydrogen-bond donors (Lipinski definition) is 2. The van der Waals surface area contributed by atoms with Gasteiger partial charge in [0.15, 0.2) is 10.8 Å². The van der Waals surface area contributed by atoms with E-state index in [4.69, 9.17) is 4.42 Å². The fourth-order valence-electron chi connectivity index (χ4n) is 3.68. The van der Waals surface area contributed by atoms with Crippen molar-refractivity contribution in [2.24, 2.45) is 5.92 Å². The van der Waals surface area contributed by atoms with E-state index in [2.05, 4.69) is 15.6 Å². The third-order valence-electron chi connectivity index (χ3n) is 5.35. The molecule has 1 unspecified atom stereocenters. The summed E-state index contributed by atoms with van der Waals surface area (Å²) in [5.41, 5.74) is 2.67. The van der Waals surface area contributed by atoms with Crippen LogP contribution in [0, 0.1) is 12.8 Å². The first-order valence-electron chi connectivity index (χ1n) is 10.4. The Balaban J connectivity index is 1.24. The first-order chi connectivity index (χ1) is 15.1. The van der Waals surface area contributed by atoms with Crippen LogP contribution in [0.1, 0.15) is 24.1 Å². The van der Waals surface area contributed by atoms with Gasteiger partial charge < -0.3 is 20.0 Å². The Labute approximate surface area is 185 Å². The molecule has 8 heteroatoms. The van der Waals surface area contributed by atoms with Gasteiger partial charge in [0.2, 0.25) is 5.91 Å². The molecule has 0 radical (unpaired) electrons. The summed E-state index contributed by atoms with van der Waals surface area (Å²) in [5.74, 6) is 1.04. The van der Waals surface area contributed by atoms with Crippen molar-refractivity contribution in [3.8, 4) is 10.8 Å². The SMILES string of the molecule is Cc1ccc(NC(=O)NCC2CCCN(C(=O)Cc3csc(-c4ccco4)n3)C2)cc1. The minimum absolute atomic E-state index is 0.0742. The second-order valence-corrected chi connectivity index (χ2v) is 8.71. The molecule has 1 fully saturated rings. The van der Waals surface area contributed by atoms with E-state index in [0.29, 0.717) is 13.1 Å². The Morgan fingerprint density at radius 1 is 1.26 bits per heavy atom. The van der Waals surface area contributed by atoms with Crippen molar-refractivity contribution in [3.05, 3.63) is 59.3 Å². The van der Waals surface area contributed by atoms with Gasteiger partial charge >= 0.3 is 6.03 Å². The van der Waals surface area contributed by atoms with Crippen molar-refractivity contribution in [3.63, 3.8) is 0 Å². The van der Waals surface area contributed by atoms with E-state index < -0.39 is 0 Å². The monoisotopic (exact) mass is 438 g/mol. The molecular formula is C23H26N4O3S. The first kappa shape index (κ1) is 21.1. The van der Waals surface area contributed by atoms with E-state index in [9.17, 15) is 9.59 Å². The van der Waals surface area contributed by atoms with Crippen LogP contribution in [0.2, 0.25) is 0 Å². The first-order valence-corrected chi connectivity index (χ1v) is 11.3. The minimum atomic E-state index is -0.222. The summed E-state index contributed by atoms with van der Waals surface area (Å²) >= 11 is 1.48. The van der Waals surface area contributed by atoms with Crippen LogP contribution in [0.15, 0.2) is 52.5 Å². The molecule has 1 saturated heterocycles. The van der Waals surface area contributed by atoms with E-state index in [1.807, 2.05) is 53.6 Å². The molecule has 3 aromatic rings. The number of aromatic nitrogens is 1. The van der Waals surface area contributed by atoms with Crippen molar-refractivity contribution in [2.45, 2.75) is 26.2 Å². The molecule has 3 heterocycles. The lowest BCUT2D eigenvalue weighted by Gasteiger charge is -2.32. The maximum atomic E-state index is 12.8. The summed E-state index contributed by atoms with van der Waals surface area (Å²) < 4.78 is 5.37. The predicted octanol–water partition coefficient (Wildman–Crippen LogP) is 4.31. The Morgan fingerprint density at radius 2 is 2.10 bits per heavy atom. The molecule has 1 aliphatic rings. The highest BCUT2D eigenvalue weighted by atomic mass is 32.1. The highest BCUT2D eigenvalue weighted by Gasteiger charge is 2.24. The molecular weight excluding hydrogens is 412 g/mol. The van der Waals surface area contributed by atoms with Crippen LogP contribution in [0.3, 0.4) is 0 Å². The maximum absolute atomic E-state index is 12.8. The number of rotatable bonds is 6. The Kier molecular flexibility index (Phi) is 6.66. The van der Waals surface area contributed by atoms with Crippen LogP contribution in [0.4, 0.5) is 10.5 Å². The summed E-state index contributed by atoms with van der Waals surface area (Å²) in [6, 6.07) is 11.1. The minimum Gasteiger partial charge on any atom is -0.462 e. The standard InChI is InChI=1S/C23H26N4O3S/c1-16-6-8-18(9-7-16)26-23(29)24-13-17-4-2-10-27(14-17)21(28)12-19-15-31-22(25-19)20-5-3-11-30-20/h3,5-9,11,15,17H,2,4,10,12-14H2,1H3,(H2,24,26,29). The number of urea groups is 1. The van der Waals surface area contributed by atoms with Gasteiger partial charge in [-0.05, 0) is 49.9 Å². The van der Waals surface area contributed by atoms with Crippen LogP contribution >= 0.6 is 11.3 Å². The molecule has 2 aromatic heterocycles.